The molecule has 0 spiro atoms. The second-order valence-corrected chi connectivity index (χ2v) is 5.67. The van der Waals surface area contributed by atoms with E-state index in [1.807, 2.05) is 6.07 Å². The zero-order valence-corrected chi connectivity index (χ0v) is 12.4. The highest BCUT2D eigenvalue weighted by Gasteiger charge is 2.17. The first-order chi connectivity index (χ1) is 9.58. The Morgan fingerprint density at radius 3 is 2.80 bits per heavy atom. The monoisotopic (exact) mass is 297 g/mol. The standard InChI is InChI=1S/C14H20ClN3O2/c1-11(17-6-2-3-7-17)9-16-10-12-4-5-13(15)14(8-12)18(19)20/h4-5,8,11,16H,2-3,6-7,9-10H2,1H3. The highest BCUT2D eigenvalue weighted by atomic mass is 35.5. The Morgan fingerprint density at radius 2 is 2.15 bits per heavy atom. The van der Waals surface area contributed by atoms with Crippen LogP contribution in [-0.2, 0) is 6.54 Å². The predicted molar refractivity (Wildman–Crippen MR) is 80.1 cm³/mol. The number of hydrogen-bond donors (Lipinski definition) is 1. The van der Waals surface area contributed by atoms with Crippen molar-refractivity contribution in [1.29, 1.82) is 0 Å². The van der Waals surface area contributed by atoms with Gasteiger partial charge in [0, 0.05) is 25.2 Å². The van der Waals surface area contributed by atoms with Gasteiger partial charge in [-0.1, -0.05) is 17.7 Å². The molecule has 0 radical (unpaired) electrons. The van der Waals surface area contributed by atoms with E-state index in [1.165, 1.54) is 32.0 Å². The fourth-order valence-corrected chi connectivity index (χ4v) is 2.73. The van der Waals surface area contributed by atoms with Crippen molar-refractivity contribution in [2.75, 3.05) is 19.6 Å². The van der Waals surface area contributed by atoms with E-state index in [-0.39, 0.29) is 10.7 Å². The van der Waals surface area contributed by atoms with E-state index >= 15 is 0 Å². The van der Waals surface area contributed by atoms with Crippen LogP contribution in [0, 0.1) is 10.1 Å². The lowest BCUT2D eigenvalue weighted by atomic mass is 10.2. The van der Waals surface area contributed by atoms with Gasteiger partial charge in [0.15, 0.2) is 0 Å². The number of hydrogen-bond acceptors (Lipinski definition) is 4. The van der Waals surface area contributed by atoms with Gasteiger partial charge in [-0.3, -0.25) is 15.0 Å². The summed E-state index contributed by atoms with van der Waals surface area (Å²) in [6.45, 7) is 6.07. The van der Waals surface area contributed by atoms with Gasteiger partial charge >= 0.3 is 0 Å². The molecule has 1 fully saturated rings. The number of benzene rings is 1. The van der Waals surface area contributed by atoms with Gasteiger partial charge in [-0.15, -0.1) is 0 Å². The summed E-state index contributed by atoms with van der Waals surface area (Å²) in [5, 5.41) is 14.4. The summed E-state index contributed by atoms with van der Waals surface area (Å²) in [7, 11) is 0. The Hall–Kier alpha value is -1.17. The largest absolute Gasteiger partial charge is 0.311 e. The average Bonchev–Trinajstić information content (AvgIpc) is 2.94. The molecule has 1 N–H and O–H groups in total. The molecule has 5 nitrogen and oxygen atoms in total. The minimum atomic E-state index is -0.446. The predicted octanol–water partition coefficient (Wildman–Crippen LogP) is 2.82. The van der Waals surface area contributed by atoms with E-state index in [2.05, 4.69) is 17.1 Å². The van der Waals surface area contributed by atoms with Crippen LogP contribution in [0.25, 0.3) is 0 Å². The van der Waals surface area contributed by atoms with Gasteiger partial charge in [-0.05, 0) is 44.5 Å². The minimum Gasteiger partial charge on any atom is -0.311 e. The Morgan fingerprint density at radius 1 is 1.45 bits per heavy atom. The average molecular weight is 298 g/mol. The van der Waals surface area contributed by atoms with Crippen molar-refractivity contribution < 1.29 is 4.92 Å². The van der Waals surface area contributed by atoms with Crippen LogP contribution in [0.15, 0.2) is 18.2 Å². The summed E-state index contributed by atoms with van der Waals surface area (Å²) < 4.78 is 0. The number of nitro groups is 1. The van der Waals surface area contributed by atoms with Crippen molar-refractivity contribution in [2.45, 2.75) is 32.4 Å². The van der Waals surface area contributed by atoms with Crippen molar-refractivity contribution in [1.82, 2.24) is 10.2 Å². The molecule has 2 rings (SSSR count). The fourth-order valence-electron chi connectivity index (χ4n) is 2.54. The molecule has 20 heavy (non-hydrogen) atoms. The Balaban J connectivity index is 1.84. The molecule has 1 aromatic rings. The molecule has 1 unspecified atom stereocenters. The van der Waals surface area contributed by atoms with E-state index in [0.717, 1.165) is 12.1 Å². The first-order valence-corrected chi connectivity index (χ1v) is 7.33. The third kappa shape index (κ3) is 3.91. The van der Waals surface area contributed by atoms with Crippen LogP contribution in [0.3, 0.4) is 0 Å². The number of halogens is 1. The number of nitrogens with zero attached hydrogens (tertiary/aromatic N) is 2. The van der Waals surface area contributed by atoms with Crippen LogP contribution in [0.1, 0.15) is 25.3 Å². The van der Waals surface area contributed by atoms with Crippen LogP contribution in [0.4, 0.5) is 5.69 Å². The quantitative estimate of drug-likeness (QED) is 0.648. The summed E-state index contributed by atoms with van der Waals surface area (Å²) in [5.41, 5.74) is 0.855. The maximum Gasteiger partial charge on any atom is 0.288 e. The Kier molecular flexibility index (Phi) is 5.34. The second kappa shape index (κ2) is 7.02. The van der Waals surface area contributed by atoms with Gasteiger partial charge in [0.25, 0.3) is 5.69 Å². The smallest absolute Gasteiger partial charge is 0.288 e. The summed E-state index contributed by atoms with van der Waals surface area (Å²) >= 11 is 5.79. The molecule has 6 heteroatoms. The number of nitrogens with one attached hydrogen (secondary N) is 1. The SMILES string of the molecule is CC(CNCc1ccc(Cl)c([N+](=O)[O-])c1)N1CCCC1. The zero-order valence-electron chi connectivity index (χ0n) is 11.6. The normalized spacial score (nSPS) is 17.3. The van der Waals surface area contributed by atoms with E-state index in [0.29, 0.717) is 12.6 Å². The highest BCUT2D eigenvalue weighted by Crippen LogP contribution is 2.24. The molecule has 0 amide bonds. The molecule has 0 saturated carbocycles. The van der Waals surface area contributed by atoms with E-state index in [1.54, 1.807) is 6.07 Å². The third-order valence-electron chi connectivity index (χ3n) is 3.74. The molecule has 0 aliphatic carbocycles. The van der Waals surface area contributed by atoms with Crippen molar-refractivity contribution in [3.8, 4) is 0 Å². The lowest BCUT2D eigenvalue weighted by molar-refractivity contribution is -0.384. The van der Waals surface area contributed by atoms with Gasteiger partial charge in [0.05, 0.1) is 4.92 Å². The molecular weight excluding hydrogens is 278 g/mol. The molecule has 1 heterocycles. The second-order valence-electron chi connectivity index (χ2n) is 5.27. The van der Waals surface area contributed by atoms with E-state index in [9.17, 15) is 10.1 Å². The Bertz CT molecular complexity index is 475. The summed E-state index contributed by atoms with van der Waals surface area (Å²) in [6.07, 6.45) is 2.57. The molecule has 1 aliphatic heterocycles. The summed E-state index contributed by atoms with van der Waals surface area (Å²) in [6, 6.07) is 5.44. The highest BCUT2D eigenvalue weighted by molar-refractivity contribution is 6.32. The van der Waals surface area contributed by atoms with Gasteiger partial charge < -0.3 is 5.32 Å². The van der Waals surface area contributed by atoms with Crippen LogP contribution < -0.4 is 5.32 Å². The lowest BCUT2D eigenvalue weighted by Crippen LogP contribution is -2.38. The van der Waals surface area contributed by atoms with Crippen LogP contribution in [0.5, 0.6) is 0 Å². The number of likely N-dealkylation sites (tertiary alicyclic amines) is 1. The molecule has 1 atom stereocenters. The summed E-state index contributed by atoms with van der Waals surface area (Å²) in [4.78, 5) is 12.8. The number of nitro benzene ring substituents is 1. The maximum absolute atomic E-state index is 10.8. The van der Waals surface area contributed by atoms with Crippen LogP contribution in [-0.4, -0.2) is 35.5 Å². The number of rotatable bonds is 6. The van der Waals surface area contributed by atoms with E-state index in [4.69, 9.17) is 11.6 Å². The molecule has 110 valence electrons. The maximum atomic E-state index is 10.8. The van der Waals surface area contributed by atoms with Crippen molar-refractivity contribution in [3.05, 3.63) is 38.9 Å². The Labute approximate surface area is 124 Å². The van der Waals surface area contributed by atoms with Crippen LogP contribution >= 0.6 is 11.6 Å². The molecule has 0 bridgehead atoms. The van der Waals surface area contributed by atoms with Gasteiger partial charge in [0.1, 0.15) is 5.02 Å². The molecule has 0 aromatic heterocycles. The fraction of sp³-hybridized carbons (Fsp3) is 0.571. The molecule has 1 aliphatic rings. The van der Waals surface area contributed by atoms with Gasteiger partial charge in [0.2, 0.25) is 0 Å². The van der Waals surface area contributed by atoms with Crippen molar-refractivity contribution in [3.63, 3.8) is 0 Å². The molecular formula is C14H20ClN3O2. The van der Waals surface area contributed by atoms with Gasteiger partial charge in [-0.2, -0.15) is 0 Å². The lowest BCUT2D eigenvalue weighted by Gasteiger charge is -2.23. The topological polar surface area (TPSA) is 58.4 Å². The first kappa shape index (κ1) is 15.2. The van der Waals surface area contributed by atoms with Gasteiger partial charge in [-0.25, -0.2) is 0 Å². The van der Waals surface area contributed by atoms with Crippen molar-refractivity contribution >= 4 is 17.3 Å². The summed E-state index contributed by atoms with van der Waals surface area (Å²) in [5.74, 6) is 0. The molecule has 1 saturated heterocycles. The first-order valence-electron chi connectivity index (χ1n) is 6.95. The zero-order chi connectivity index (χ0) is 14.5. The molecule has 1 aromatic carbocycles. The van der Waals surface area contributed by atoms with Crippen LogP contribution in [0.2, 0.25) is 5.02 Å². The van der Waals surface area contributed by atoms with E-state index < -0.39 is 4.92 Å². The van der Waals surface area contributed by atoms with Crippen molar-refractivity contribution in [2.24, 2.45) is 0 Å². The third-order valence-corrected chi connectivity index (χ3v) is 4.06. The minimum absolute atomic E-state index is 0.0291.